The highest BCUT2D eigenvalue weighted by Gasteiger charge is 2.61. The highest BCUT2D eigenvalue weighted by molar-refractivity contribution is 6.74. The van der Waals surface area contributed by atoms with E-state index in [1.165, 1.54) is 12.8 Å². The highest BCUT2D eigenvalue weighted by Crippen LogP contribution is 2.63. The summed E-state index contributed by atoms with van der Waals surface area (Å²) in [5, 5.41) is 0.258. The Morgan fingerprint density at radius 1 is 1.23 bits per heavy atom. The van der Waals surface area contributed by atoms with Crippen molar-refractivity contribution in [1.82, 2.24) is 0 Å². The smallest absolute Gasteiger partial charge is 0.192 e. The van der Waals surface area contributed by atoms with Crippen LogP contribution in [0.25, 0.3) is 0 Å². The van der Waals surface area contributed by atoms with Crippen LogP contribution in [0, 0.1) is 29.1 Å². The van der Waals surface area contributed by atoms with Crippen LogP contribution in [0.2, 0.25) is 18.1 Å². The minimum absolute atomic E-state index is 0.211. The van der Waals surface area contributed by atoms with E-state index in [-0.39, 0.29) is 10.5 Å². The van der Waals surface area contributed by atoms with Gasteiger partial charge in [-0.3, -0.25) is 4.79 Å². The summed E-state index contributed by atoms with van der Waals surface area (Å²) < 4.78 is 6.82. The summed E-state index contributed by atoms with van der Waals surface area (Å²) in [4.78, 5) is 12.4. The Morgan fingerprint density at radius 3 is 2.45 bits per heavy atom. The van der Waals surface area contributed by atoms with Crippen LogP contribution < -0.4 is 0 Å². The molecule has 0 aromatic rings. The number of ketones is 1. The average molecular weight is 323 g/mol. The van der Waals surface area contributed by atoms with Crippen LogP contribution in [0.15, 0.2) is 0 Å². The van der Waals surface area contributed by atoms with Gasteiger partial charge < -0.3 is 4.43 Å². The van der Waals surface area contributed by atoms with Gasteiger partial charge >= 0.3 is 0 Å². The largest absolute Gasteiger partial charge is 0.414 e. The molecule has 3 saturated carbocycles. The van der Waals surface area contributed by atoms with Crippen LogP contribution >= 0.6 is 0 Å². The first-order valence-corrected chi connectivity index (χ1v) is 12.1. The fraction of sp³-hybridized carbons (Fsp3) is 0.947. The Labute approximate surface area is 137 Å². The lowest BCUT2D eigenvalue weighted by Gasteiger charge is -2.44. The lowest BCUT2D eigenvalue weighted by atomic mass is 9.70. The molecule has 0 aromatic heterocycles. The first kappa shape index (κ1) is 16.7. The lowest BCUT2D eigenvalue weighted by molar-refractivity contribution is -0.126. The molecule has 4 bridgehead atoms. The van der Waals surface area contributed by atoms with Gasteiger partial charge in [0, 0.05) is 18.4 Å². The number of hydrogen-bond acceptors (Lipinski definition) is 2. The predicted octanol–water partition coefficient (Wildman–Crippen LogP) is 5.04. The third kappa shape index (κ3) is 2.43. The van der Waals surface area contributed by atoms with E-state index in [1.54, 1.807) is 0 Å². The molecule has 0 saturated heterocycles. The van der Waals surface area contributed by atoms with Crippen molar-refractivity contribution in [1.29, 1.82) is 0 Å². The van der Waals surface area contributed by atoms with E-state index >= 15 is 0 Å². The van der Waals surface area contributed by atoms with Gasteiger partial charge in [-0.15, -0.1) is 0 Å². The quantitative estimate of drug-likeness (QED) is 0.666. The normalized spacial score (nSPS) is 45.2. The Morgan fingerprint density at radius 2 is 1.86 bits per heavy atom. The van der Waals surface area contributed by atoms with Crippen LogP contribution in [0.5, 0.6) is 0 Å². The summed E-state index contributed by atoms with van der Waals surface area (Å²) >= 11 is 0. The molecule has 0 unspecified atom stereocenters. The van der Waals surface area contributed by atoms with Crippen LogP contribution in [0.3, 0.4) is 0 Å². The molecule has 3 aliphatic carbocycles. The zero-order chi connectivity index (χ0) is 16.5. The maximum absolute atomic E-state index is 12.4. The van der Waals surface area contributed by atoms with E-state index in [0.717, 1.165) is 12.8 Å². The molecule has 22 heavy (non-hydrogen) atoms. The van der Waals surface area contributed by atoms with Crippen LogP contribution in [0.4, 0.5) is 0 Å². The second-order valence-corrected chi connectivity index (χ2v) is 15.0. The summed E-state index contributed by atoms with van der Waals surface area (Å²) in [5.74, 6) is 2.83. The van der Waals surface area contributed by atoms with E-state index in [4.69, 9.17) is 4.43 Å². The summed E-state index contributed by atoms with van der Waals surface area (Å²) in [6.07, 6.45) is 4.79. The zero-order valence-electron chi connectivity index (χ0n) is 15.5. The van der Waals surface area contributed by atoms with E-state index in [9.17, 15) is 4.79 Å². The Bertz CT molecular complexity index is 478. The molecule has 0 spiro atoms. The average Bonchev–Trinajstić information content (AvgIpc) is 2.71. The molecule has 3 fully saturated rings. The standard InChI is InChI=1S/C19H34O2Si/c1-12-8-14-13-9-15(20)17(14)19(5,10-13)11-16(12)21-22(6,7)18(2,3)4/h12-14,16-17H,8-11H2,1-7H3/t12-,13+,14-,16-,17-,19-/m0/s1. The summed E-state index contributed by atoms with van der Waals surface area (Å²) in [6, 6.07) is 0. The summed E-state index contributed by atoms with van der Waals surface area (Å²) in [5.41, 5.74) is 0.211. The fourth-order valence-electron chi connectivity index (χ4n) is 5.40. The van der Waals surface area contributed by atoms with Gasteiger partial charge in [-0.25, -0.2) is 0 Å². The zero-order valence-corrected chi connectivity index (χ0v) is 16.5. The van der Waals surface area contributed by atoms with Gasteiger partial charge in [0.1, 0.15) is 5.78 Å². The van der Waals surface area contributed by atoms with Crippen LogP contribution in [-0.2, 0) is 9.22 Å². The van der Waals surface area contributed by atoms with Crippen molar-refractivity contribution in [3.63, 3.8) is 0 Å². The molecule has 3 heteroatoms. The van der Waals surface area contributed by atoms with Crippen LogP contribution in [-0.4, -0.2) is 20.2 Å². The van der Waals surface area contributed by atoms with Crippen molar-refractivity contribution in [3.05, 3.63) is 0 Å². The van der Waals surface area contributed by atoms with Gasteiger partial charge in [-0.2, -0.15) is 0 Å². The number of rotatable bonds is 2. The molecule has 6 atom stereocenters. The second kappa shape index (κ2) is 4.92. The number of Topliss-reactive ketones (excluding diaryl/α,β-unsaturated/α-hetero) is 1. The first-order valence-electron chi connectivity index (χ1n) is 9.15. The van der Waals surface area contributed by atoms with Crippen LogP contribution in [0.1, 0.15) is 60.3 Å². The number of carbonyl (C=O) groups excluding carboxylic acids is 1. The minimum Gasteiger partial charge on any atom is -0.414 e. The molecule has 0 N–H and O–H groups in total. The molecular weight excluding hydrogens is 288 g/mol. The highest BCUT2D eigenvalue weighted by atomic mass is 28.4. The second-order valence-electron chi connectivity index (χ2n) is 10.3. The molecule has 0 heterocycles. The van der Waals surface area contributed by atoms with E-state index < -0.39 is 8.32 Å². The molecule has 0 radical (unpaired) electrons. The third-order valence-electron chi connectivity index (χ3n) is 7.52. The van der Waals surface area contributed by atoms with E-state index in [1.807, 2.05) is 0 Å². The van der Waals surface area contributed by atoms with Gasteiger partial charge in [0.25, 0.3) is 0 Å². The predicted molar refractivity (Wildman–Crippen MR) is 93.3 cm³/mol. The maximum Gasteiger partial charge on any atom is 0.192 e. The molecule has 3 rings (SSSR count). The monoisotopic (exact) mass is 322 g/mol. The first-order chi connectivity index (χ1) is 9.95. The molecule has 2 nitrogen and oxygen atoms in total. The van der Waals surface area contributed by atoms with Crippen molar-refractivity contribution < 1.29 is 9.22 Å². The number of carbonyl (C=O) groups is 1. The fourth-order valence-corrected chi connectivity index (χ4v) is 6.82. The number of hydrogen-bond donors (Lipinski definition) is 0. The maximum atomic E-state index is 12.4. The molecule has 0 amide bonds. The van der Waals surface area contributed by atoms with E-state index in [2.05, 4.69) is 47.7 Å². The Hall–Kier alpha value is -0.153. The molecular formula is C19H34O2Si. The van der Waals surface area contributed by atoms with E-state index in [0.29, 0.717) is 35.6 Å². The summed E-state index contributed by atoms with van der Waals surface area (Å²) in [7, 11) is -1.74. The van der Waals surface area contributed by atoms with Gasteiger partial charge in [-0.1, -0.05) is 34.6 Å². The van der Waals surface area contributed by atoms with Crippen molar-refractivity contribution in [2.24, 2.45) is 29.1 Å². The van der Waals surface area contributed by atoms with Crippen molar-refractivity contribution in [2.45, 2.75) is 84.5 Å². The van der Waals surface area contributed by atoms with Crippen molar-refractivity contribution >= 4 is 14.1 Å². The summed E-state index contributed by atoms with van der Waals surface area (Å²) in [6.45, 7) is 16.4. The third-order valence-corrected chi connectivity index (χ3v) is 12.0. The van der Waals surface area contributed by atoms with Gasteiger partial charge in [0.2, 0.25) is 0 Å². The topological polar surface area (TPSA) is 26.3 Å². The Kier molecular flexibility index (Phi) is 3.74. The van der Waals surface area contributed by atoms with Gasteiger partial charge in [-0.05, 0) is 60.6 Å². The Balaban J connectivity index is 1.83. The van der Waals surface area contributed by atoms with Gasteiger partial charge in [0.05, 0.1) is 0 Å². The molecule has 0 aliphatic heterocycles. The van der Waals surface area contributed by atoms with Crippen molar-refractivity contribution in [3.8, 4) is 0 Å². The van der Waals surface area contributed by atoms with Gasteiger partial charge in [0.15, 0.2) is 8.32 Å². The molecule has 0 aromatic carbocycles. The minimum atomic E-state index is -1.74. The SMILES string of the molecule is C[C@H]1C[C@H]2[C@@H]3CC(=O)[C@H]2[C@@](C)(C3)C[C@@H]1O[Si](C)(C)C(C)(C)C. The molecule has 126 valence electrons. The van der Waals surface area contributed by atoms with Crippen molar-refractivity contribution in [2.75, 3.05) is 0 Å². The lowest BCUT2D eigenvalue weighted by Crippen LogP contribution is -2.47. The molecule has 3 aliphatic rings.